The lowest BCUT2D eigenvalue weighted by atomic mass is 10.0. The monoisotopic (exact) mass is 401 g/mol. The van der Waals surface area contributed by atoms with Crippen LogP contribution in [0.4, 0.5) is 45.2 Å². The highest BCUT2D eigenvalue weighted by Crippen LogP contribution is 2.45. The smallest absolute Gasteiger partial charge is 0.422 e. The molecular formula is C12H8F9NO2S. The number of anilines is 1. The lowest BCUT2D eigenvalue weighted by Gasteiger charge is -2.22. The van der Waals surface area contributed by atoms with Gasteiger partial charge in [-0.1, -0.05) is 0 Å². The molecule has 0 saturated carbocycles. The summed E-state index contributed by atoms with van der Waals surface area (Å²) in [4.78, 5) is 10.9. The number of carboxylic acid groups (broad SMARTS) is 1. The third-order valence-electron chi connectivity index (χ3n) is 2.92. The van der Waals surface area contributed by atoms with Crippen molar-refractivity contribution in [3.63, 3.8) is 0 Å². The van der Waals surface area contributed by atoms with Crippen LogP contribution in [0.1, 0.15) is 17.5 Å². The predicted molar refractivity (Wildman–Crippen MR) is 69.8 cm³/mol. The van der Waals surface area contributed by atoms with Crippen LogP contribution in [0.15, 0.2) is 0 Å². The summed E-state index contributed by atoms with van der Waals surface area (Å²) in [6.45, 7) is 0. The fourth-order valence-corrected chi connectivity index (χ4v) is 2.13. The van der Waals surface area contributed by atoms with Gasteiger partial charge in [-0.05, 0) is 12.2 Å². The molecule has 0 aliphatic heterocycles. The van der Waals surface area contributed by atoms with Crippen LogP contribution >= 0.6 is 12.6 Å². The molecule has 0 fully saturated rings. The number of alkyl halides is 6. The van der Waals surface area contributed by atoms with Gasteiger partial charge in [0.25, 0.3) is 0 Å². The molecule has 0 heterocycles. The van der Waals surface area contributed by atoms with E-state index in [2.05, 4.69) is 12.6 Å². The Bertz CT molecular complexity index is 672. The third kappa shape index (κ3) is 4.44. The summed E-state index contributed by atoms with van der Waals surface area (Å²) >= 11 is 3.61. The second-order valence-corrected chi connectivity index (χ2v) is 5.06. The summed E-state index contributed by atoms with van der Waals surface area (Å²) in [5, 5.41) is 10.2. The Labute approximate surface area is 139 Å². The first-order chi connectivity index (χ1) is 11.2. The molecule has 0 bridgehead atoms. The number of hydrogen-bond donors (Lipinski definition) is 3. The molecule has 13 heteroatoms. The van der Waals surface area contributed by atoms with Crippen molar-refractivity contribution < 1.29 is 49.4 Å². The average Bonchev–Trinajstić information content (AvgIpc) is 2.40. The Hall–Kier alpha value is -1.79. The molecular weight excluding hydrogens is 393 g/mol. The van der Waals surface area contributed by atoms with Gasteiger partial charge in [0.15, 0.2) is 17.5 Å². The van der Waals surface area contributed by atoms with E-state index in [0.29, 0.717) is 0 Å². The Morgan fingerprint density at radius 2 is 1.44 bits per heavy atom. The minimum atomic E-state index is -5.95. The van der Waals surface area contributed by atoms with Gasteiger partial charge in [-0.3, -0.25) is 0 Å². The van der Waals surface area contributed by atoms with Crippen molar-refractivity contribution in [1.29, 1.82) is 0 Å². The predicted octanol–water partition coefficient (Wildman–Crippen LogP) is 4.33. The van der Waals surface area contributed by atoms with Gasteiger partial charge in [-0.15, -0.1) is 0 Å². The lowest BCUT2D eigenvalue weighted by molar-refractivity contribution is -0.149. The van der Waals surface area contributed by atoms with Crippen LogP contribution in [0.3, 0.4) is 0 Å². The Morgan fingerprint density at radius 3 is 1.80 bits per heavy atom. The van der Waals surface area contributed by atoms with Crippen molar-refractivity contribution in [3.8, 4) is 0 Å². The van der Waals surface area contributed by atoms with E-state index in [1.165, 1.54) is 5.32 Å². The van der Waals surface area contributed by atoms with E-state index >= 15 is 0 Å². The largest absolute Gasteiger partial charge is 0.480 e. The van der Waals surface area contributed by atoms with Gasteiger partial charge in [-0.2, -0.15) is 39.0 Å². The first kappa shape index (κ1) is 21.3. The fraction of sp³-hybridized carbons (Fsp3) is 0.417. The number of carbonyl (C=O) groups is 1. The first-order valence-corrected chi connectivity index (χ1v) is 6.81. The van der Waals surface area contributed by atoms with Crippen molar-refractivity contribution in [1.82, 2.24) is 0 Å². The van der Waals surface area contributed by atoms with Gasteiger partial charge in [0.2, 0.25) is 0 Å². The van der Waals surface area contributed by atoms with Crippen molar-refractivity contribution in [3.05, 3.63) is 28.6 Å². The van der Waals surface area contributed by atoms with Crippen LogP contribution in [0.25, 0.3) is 0 Å². The topological polar surface area (TPSA) is 49.3 Å². The van der Waals surface area contributed by atoms with E-state index in [1.54, 1.807) is 0 Å². The average molecular weight is 401 g/mol. The van der Waals surface area contributed by atoms with E-state index in [1.807, 2.05) is 0 Å². The van der Waals surface area contributed by atoms with Crippen molar-refractivity contribution in [2.45, 2.75) is 24.8 Å². The van der Waals surface area contributed by atoms with Crippen molar-refractivity contribution in [2.24, 2.45) is 0 Å². The third-order valence-corrected chi connectivity index (χ3v) is 3.18. The molecule has 0 saturated heterocycles. The van der Waals surface area contributed by atoms with Crippen LogP contribution in [0.5, 0.6) is 0 Å². The molecule has 1 rings (SSSR count). The maximum atomic E-state index is 13.8. The van der Waals surface area contributed by atoms with E-state index in [0.717, 1.165) is 0 Å². The number of rotatable bonds is 5. The van der Waals surface area contributed by atoms with E-state index in [-0.39, 0.29) is 5.75 Å². The molecule has 1 atom stereocenters. The quantitative estimate of drug-likeness (QED) is 0.391. The molecule has 142 valence electrons. The molecule has 0 aliphatic carbocycles. The second-order valence-electron chi connectivity index (χ2n) is 4.61. The lowest BCUT2D eigenvalue weighted by Crippen LogP contribution is -2.32. The number of halogens is 9. The molecule has 0 spiro atoms. The highest BCUT2D eigenvalue weighted by Gasteiger charge is 2.48. The van der Waals surface area contributed by atoms with Crippen LogP contribution in [-0.2, 0) is 17.1 Å². The Balaban J connectivity index is 3.76. The van der Waals surface area contributed by atoms with Gasteiger partial charge in [0, 0.05) is 0 Å². The van der Waals surface area contributed by atoms with Crippen molar-refractivity contribution in [2.75, 3.05) is 11.1 Å². The number of thiol groups is 1. The van der Waals surface area contributed by atoms with Gasteiger partial charge < -0.3 is 10.4 Å². The van der Waals surface area contributed by atoms with Gasteiger partial charge in [0.1, 0.15) is 17.2 Å². The molecule has 1 aromatic carbocycles. The normalized spacial score (nSPS) is 13.7. The zero-order chi connectivity index (χ0) is 19.7. The standard InChI is InChI=1S/C12H8F9NO2S/c13-6-4(11(16,17)18)7(14)8(15)9(5(6)12(19,20)21)22-3(1-2-25)10(23)24/h3,22,25H,1-2H2,(H,23,24)/t3-/m0/s1. The molecule has 0 amide bonds. The summed E-state index contributed by atoms with van der Waals surface area (Å²) < 4.78 is 118. The highest BCUT2D eigenvalue weighted by molar-refractivity contribution is 7.80. The summed E-state index contributed by atoms with van der Waals surface area (Å²) in [6, 6.07) is -1.98. The Kier molecular flexibility index (Phi) is 6.13. The second kappa shape index (κ2) is 7.22. The minimum absolute atomic E-state index is 0.238. The molecule has 0 unspecified atom stereocenters. The summed E-state index contributed by atoms with van der Waals surface area (Å²) in [6.07, 6.45) is -12.3. The molecule has 0 aromatic heterocycles. The molecule has 2 N–H and O–H groups in total. The number of hydrogen-bond acceptors (Lipinski definition) is 3. The van der Waals surface area contributed by atoms with Gasteiger partial charge in [0.05, 0.1) is 5.69 Å². The summed E-state index contributed by atoms with van der Waals surface area (Å²) in [7, 11) is 0. The summed E-state index contributed by atoms with van der Waals surface area (Å²) in [5.41, 5.74) is -7.92. The van der Waals surface area contributed by atoms with Crippen LogP contribution in [-0.4, -0.2) is 22.9 Å². The van der Waals surface area contributed by atoms with Gasteiger partial charge in [-0.25, -0.2) is 18.0 Å². The molecule has 25 heavy (non-hydrogen) atoms. The number of carboxylic acids is 1. The Morgan fingerprint density at radius 1 is 0.960 bits per heavy atom. The number of benzene rings is 1. The SMILES string of the molecule is O=C(O)[C@H](CCS)Nc1c(F)c(F)c(C(F)(F)F)c(F)c1C(F)(F)F. The maximum absolute atomic E-state index is 13.8. The summed E-state index contributed by atoms with van der Waals surface area (Å²) in [5.74, 6) is -10.8. The number of nitrogens with one attached hydrogen (secondary N) is 1. The molecule has 3 nitrogen and oxygen atoms in total. The van der Waals surface area contributed by atoms with Crippen LogP contribution < -0.4 is 5.32 Å². The zero-order valence-corrected chi connectivity index (χ0v) is 12.6. The fourth-order valence-electron chi connectivity index (χ4n) is 1.87. The van der Waals surface area contributed by atoms with Crippen LogP contribution in [0, 0.1) is 17.5 Å². The molecule has 1 aromatic rings. The highest BCUT2D eigenvalue weighted by atomic mass is 32.1. The van der Waals surface area contributed by atoms with Crippen LogP contribution in [0.2, 0.25) is 0 Å². The van der Waals surface area contributed by atoms with Crippen molar-refractivity contribution >= 4 is 24.3 Å². The first-order valence-electron chi connectivity index (χ1n) is 6.18. The maximum Gasteiger partial charge on any atom is 0.422 e. The van der Waals surface area contributed by atoms with Gasteiger partial charge >= 0.3 is 18.3 Å². The van der Waals surface area contributed by atoms with E-state index < -0.39 is 65.1 Å². The minimum Gasteiger partial charge on any atom is -0.480 e. The molecule has 0 radical (unpaired) electrons. The van der Waals surface area contributed by atoms with E-state index in [4.69, 9.17) is 5.11 Å². The number of aliphatic carboxylic acids is 1. The zero-order valence-electron chi connectivity index (χ0n) is 11.7. The molecule has 0 aliphatic rings. The van der Waals surface area contributed by atoms with E-state index in [9.17, 15) is 44.3 Å².